The molecule has 1 N–H and O–H groups in total. The van der Waals surface area contributed by atoms with Crippen LogP contribution in [0.25, 0.3) is 11.3 Å². The maximum absolute atomic E-state index is 11.5. The highest BCUT2D eigenvalue weighted by Gasteiger charge is 2.24. The summed E-state index contributed by atoms with van der Waals surface area (Å²) >= 11 is 0. The van der Waals surface area contributed by atoms with Gasteiger partial charge in [0.1, 0.15) is 0 Å². The van der Waals surface area contributed by atoms with Crippen LogP contribution in [0.15, 0.2) is 48.7 Å². The number of rotatable bonds is 2. The quantitative estimate of drug-likeness (QED) is 0.808. The molecule has 1 aromatic heterocycles. The molecule has 0 saturated carbocycles. The fraction of sp³-hybridized carbons (Fsp3) is 0. The second-order valence-corrected chi connectivity index (χ2v) is 3.86. The van der Waals surface area contributed by atoms with Gasteiger partial charge in [0.05, 0.1) is 11.4 Å². The summed E-state index contributed by atoms with van der Waals surface area (Å²) in [6.07, 6.45) is 4.21. The van der Waals surface area contributed by atoms with E-state index in [1.807, 2.05) is 18.2 Å². The Hall–Kier alpha value is -2.69. The van der Waals surface area contributed by atoms with Crippen LogP contribution in [-0.2, 0) is 9.59 Å². The van der Waals surface area contributed by atoms with Gasteiger partial charge in [0, 0.05) is 18.3 Å². The van der Waals surface area contributed by atoms with Crippen molar-refractivity contribution in [3.63, 3.8) is 0 Å². The number of H-pyrrole nitrogens is 1. The largest absolute Gasteiger partial charge is 0.278 e. The molecule has 18 heavy (non-hydrogen) atoms. The highest BCUT2D eigenvalue weighted by Crippen LogP contribution is 2.23. The Morgan fingerprint density at radius 1 is 0.944 bits per heavy atom. The van der Waals surface area contributed by atoms with Gasteiger partial charge in [0.25, 0.3) is 11.8 Å². The van der Waals surface area contributed by atoms with Gasteiger partial charge in [-0.15, -0.1) is 0 Å². The van der Waals surface area contributed by atoms with E-state index in [2.05, 4.69) is 10.2 Å². The van der Waals surface area contributed by atoms with E-state index in [1.165, 1.54) is 12.2 Å². The zero-order valence-electron chi connectivity index (χ0n) is 9.33. The second kappa shape index (κ2) is 3.96. The van der Waals surface area contributed by atoms with E-state index in [1.54, 1.807) is 18.3 Å². The summed E-state index contributed by atoms with van der Waals surface area (Å²) in [4.78, 5) is 24.1. The van der Waals surface area contributed by atoms with Gasteiger partial charge in [-0.25, -0.2) is 4.90 Å². The van der Waals surface area contributed by atoms with Crippen LogP contribution < -0.4 is 4.90 Å². The molecule has 0 atom stereocenters. The average molecular weight is 239 g/mol. The first-order chi connectivity index (χ1) is 8.75. The molecule has 0 fully saturated rings. The van der Waals surface area contributed by atoms with Crippen molar-refractivity contribution in [1.82, 2.24) is 10.2 Å². The van der Waals surface area contributed by atoms with Crippen molar-refractivity contribution in [2.45, 2.75) is 0 Å². The van der Waals surface area contributed by atoms with E-state index in [0.717, 1.165) is 16.2 Å². The van der Waals surface area contributed by atoms with E-state index >= 15 is 0 Å². The molecule has 1 aliphatic rings. The summed E-state index contributed by atoms with van der Waals surface area (Å²) in [6, 6.07) is 8.99. The van der Waals surface area contributed by atoms with Crippen LogP contribution in [0.4, 0.5) is 5.69 Å². The number of nitrogens with one attached hydrogen (secondary N) is 1. The van der Waals surface area contributed by atoms with E-state index in [9.17, 15) is 9.59 Å². The van der Waals surface area contributed by atoms with Crippen LogP contribution in [0.1, 0.15) is 0 Å². The highest BCUT2D eigenvalue weighted by molar-refractivity contribution is 6.28. The van der Waals surface area contributed by atoms with Crippen molar-refractivity contribution in [3.05, 3.63) is 48.7 Å². The summed E-state index contributed by atoms with van der Waals surface area (Å²) in [5.41, 5.74) is 2.40. The normalized spacial score (nSPS) is 14.6. The molecule has 0 radical (unpaired) electrons. The molecule has 1 aromatic carbocycles. The van der Waals surface area contributed by atoms with Crippen molar-refractivity contribution < 1.29 is 9.59 Å². The number of hydrogen-bond donors (Lipinski definition) is 1. The number of amides is 2. The van der Waals surface area contributed by atoms with Crippen molar-refractivity contribution in [2.24, 2.45) is 0 Å². The summed E-state index contributed by atoms with van der Waals surface area (Å²) in [5.74, 6) is -0.622. The van der Waals surface area contributed by atoms with E-state index in [4.69, 9.17) is 0 Å². The standard InChI is InChI=1S/C13H9N3O2/c17-12-5-6-13(18)16(12)10-3-1-9(2-4-10)11-7-8-14-15-11/h1-8H,(H,14,15). The smallest absolute Gasteiger partial charge is 0.258 e. The molecule has 2 amide bonds. The van der Waals surface area contributed by atoms with Gasteiger partial charge in [0.2, 0.25) is 0 Å². The van der Waals surface area contributed by atoms with E-state index in [-0.39, 0.29) is 11.8 Å². The minimum atomic E-state index is -0.311. The maximum atomic E-state index is 11.5. The first kappa shape index (κ1) is 10.5. The minimum Gasteiger partial charge on any atom is -0.278 e. The van der Waals surface area contributed by atoms with Crippen LogP contribution in [0.3, 0.4) is 0 Å². The van der Waals surface area contributed by atoms with E-state index < -0.39 is 0 Å². The molecule has 88 valence electrons. The van der Waals surface area contributed by atoms with Gasteiger partial charge in [-0.2, -0.15) is 5.10 Å². The Bertz CT molecular complexity index is 609. The minimum absolute atomic E-state index is 0.311. The van der Waals surface area contributed by atoms with Gasteiger partial charge in [-0.3, -0.25) is 14.7 Å². The molecule has 2 heterocycles. The number of nitrogens with zero attached hydrogens (tertiary/aromatic N) is 2. The topological polar surface area (TPSA) is 66.1 Å². The number of benzene rings is 1. The number of aromatic nitrogens is 2. The number of hydrogen-bond acceptors (Lipinski definition) is 3. The zero-order chi connectivity index (χ0) is 12.5. The van der Waals surface area contributed by atoms with Crippen LogP contribution in [0.5, 0.6) is 0 Å². The second-order valence-electron chi connectivity index (χ2n) is 3.86. The average Bonchev–Trinajstić information content (AvgIpc) is 3.01. The Kier molecular flexibility index (Phi) is 2.30. The molecular weight excluding hydrogens is 230 g/mol. The van der Waals surface area contributed by atoms with Crippen molar-refractivity contribution >= 4 is 17.5 Å². The van der Waals surface area contributed by atoms with Gasteiger partial charge in [-0.05, 0) is 23.8 Å². The molecule has 5 heteroatoms. The Morgan fingerprint density at radius 2 is 1.61 bits per heavy atom. The summed E-state index contributed by atoms with van der Waals surface area (Å²) in [6.45, 7) is 0. The Labute approximate surface area is 103 Å². The lowest BCUT2D eigenvalue weighted by Crippen LogP contribution is -2.29. The molecule has 0 saturated heterocycles. The number of carbonyl (C=O) groups excluding carboxylic acids is 2. The highest BCUT2D eigenvalue weighted by atomic mass is 16.2. The summed E-state index contributed by atoms with van der Waals surface area (Å²) in [7, 11) is 0. The number of aromatic amines is 1. The van der Waals surface area contributed by atoms with Crippen LogP contribution in [0, 0.1) is 0 Å². The number of carbonyl (C=O) groups is 2. The fourth-order valence-corrected chi connectivity index (χ4v) is 1.86. The van der Waals surface area contributed by atoms with Gasteiger partial charge >= 0.3 is 0 Å². The predicted molar refractivity (Wildman–Crippen MR) is 65.7 cm³/mol. The lowest BCUT2D eigenvalue weighted by Gasteiger charge is -2.13. The lowest BCUT2D eigenvalue weighted by molar-refractivity contribution is -0.119. The SMILES string of the molecule is O=C1C=CC(=O)N1c1ccc(-c2ccn[nH]2)cc1. The molecule has 1 aliphatic heterocycles. The molecule has 0 spiro atoms. The summed E-state index contributed by atoms with van der Waals surface area (Å²) in [5, 5.41) is 6.72. The van der Waals surface area contributed by atoms with Crippen LogP contribution in [0.2, 0.25) is 0 Å². The summed E-state index contributed by atoms with van der Waals surface area (Å²) < 4.78 is 0. The third-order valence-corrected chi connectivity index (χ3v) is 2.75. The van der Waals surface area contributed by atoms with Gasteiger partial charge in [0.15, 0.2) is 0 Å². The molecule has 2 aromatic rings. The number of imide groups is 1. The van der Waals surface area contributed by atoms with Crippen LogP contribution in [-0.4, -0.2) is 22.0 Å². The van der Waals surface area contributed by atoms with Crippen molar-refractivity contribution in [2.75, 3.05) is 4.90 Å². The first-order valence-corrected chi connectivity index (χ1v) is 5.41. The molecule has 3 rings (SSSR count). The third-order valence-electron chi connectivity index (χ3n) is 2.75. The zero-order valence-corrected chi connectivity index (χ0v) is 9.33. The fourth-order valence-electron chi connectivity index (χ4n) is 1.86. The molecular formula is C13H9N3O2. The van der Waals surface area contributed by atoms with Gasteiger partial charge in [-0.1, -0.05) is 12.1 Å². The van der Waals surface area contributed by atoms with Crippen molar-refractivity contribution in [3.8, 4) is 11.3 Å². The third kappa shape index (κ3) is 1.62. The number of anilines is 1. The molecule has 5 nitrogen and oxygen atoms in total. The van der Waals surface area contributed by atoms with E-state index in [0.29, 0.717) is 5.69 Å². The van der Waals surface area contributed by atoms with Crippen molar-refractivity contribution in [1.29, 1.82) is 0 Å². The first-order valence-electron chi connectivity index (χ1n) is 5.41. The predicted octanol–water partition coefficient (Wildman–Crippen LogP) is 1.51. The maximum Gasteiger partial charge on any atom is 0.258 e. The Morgan fingerprint density at radius 3 is 2.17 bits per heavy atom. The van der Waals surface area contributed by atoms with Gasteiger partial charge < -0.3 is 0 Å². The molecule has 0 aliphatic carbocycles. The Balaban J connectivity index is 1.92. The molecule has 0 bridgehead atoms. The monoisotopic (exact) mass is 239 g/mol. The molecule has 0 unspecified atom stereocenters. The lowest BCUT2D eigenvalue weighted by atomic mass is 10.1. The van der Waals surface area contributed by atoms with Crippen LogP contribution >= 0.6 is 0 Å².